The van der Waals surface area contributed by atoms with Crippen molar-refractivity contribution in [1.29, 1.82) is 0 Å². The monoisotopic (exact) mass is 287 g/mol. The molecule has 2 rings (SSSR count). The molecule has 1 heterocycles. The predicted octanol–water partition coefficient (Wildman–Crippen LogP) is 3.82. The van der Waals surface area contributed by atoms with Crippen LogP contribution in [0.5, 0.6) is 0 Å². The van der Waals surface area contributed by atoms with E-state index >= 15 is 0 Å². The van der Waals surface area contributed by atoms with E-state index in [4.69, 9.17) is 11.6 Å². The lowest BCUT2D eigenvalue weighted by Crippen LogP contribution is -2.33. The number of halogens is 2. The molecule has 3 heteroatoms. The fourth-order valence-electron chi connectivity index (χ4n) is 2.28. The molecule has 2 unspecified atom stereocenters. The fourth-order valence-corrected chi connectivity index (χ4v) is 3.09. The largest absolute Gasteiger partial charge is 0.316 e. The van der Waals surface area contributed by atoms with Gasteiger partial charge in [-0.2, -0.15) is 0 Å². The van der Waals surface area contributed by atoms with Crippen molar-refractivity contribution in [2.75, 3.05) is 13.1 Å². The van der Waals surface area contributed by atoms with Gasteiger partial charge in [0.25, 0.3) is 0 Å². The molecule has 0 spiro atoms. The quantitative estimate of drug-likeness (QED) is 0.828. The number of nitrogens with one attached hydrogen (secondary N) is 1. The van der Waals surface area contributed by atoms with E-state index in [1.54, 1.807) is 0 Å². The minimum Gasteiger partial charge on any atom is -0.316 e. The van der Waals surface area contributed by atoms with E-state index in [0.29, 0.717) is 11.8 Å². The van der Waals surface area contributed by atoms with Gasteiger partial charge < -0.3 is 5.32 Å². The Morgan fingerprint density at radius 2 is 2.27 bits per heavy atom. The summed E-state index contributed by atoms with van der Waals surface area (Å²) in [4.78, 5) is 0. The number of piperidine rings is 1. The molecule has 1 aliphatic heterocycles. The maximum absolute atomic E-state index is 6.28. The Morgan fingerprint density at radius 3 is 2.93 bits per heavy atom. The average Bonchev–Trinajstić information content (AvgIpc) is 2.20. The van der Waals surface area contributed by atoms with Crippen LogP contribution in [-0.4, -0.2) is 13.1 Å². The molecule has 0 aliphatic carbocycles. The highest BCUT2D eigenvalue weighted by atomic mass is 79.9. The molecule has 0 amide bonds. The molecule has 1 nitrogen and oxygen atoms in total. The Morgan fingerprint density at radius 1 is 1.47 bits per heavy atom. The highest BCUT2D eigenvalue weighted by Gasteiger charge is 2.24. The summed E-state index contributed by atoms with van der Waals surface area (Å²) in [7, 11) is 0. The number of hydrogen-bond acceptors (Lipinski definition) is 1. The van der Waals surface area contributed by atoms with Gasteiger partial charge in [-0.05, 0) is 49.0 Å². The third kappa shape index (κ3) is 2.55. The maximum Gasteiger partial charge on any atom is 0.0452 e. The molecule has 2 atom stereocenters. The zero-order valence-electron chi connectivity index (χ0n) is 8.76. The van der Waals surface area contributed by atoms with Gasteiger partial charge in [-0.25, -0.2) is 0 Å². The smallest absolute Gasteiger partial charge is 0.0452 e. The van der Waals surface area contributed by atoms with Crippen LogP contribution in [0.15, 0.2) is 22.7 Å². The highest BCUT2D eigenvalue weighted by Crippen LogP contribution is 2.35. The van der Waals surface area contributed by atoms with Crippen LogP contribution in [0.2, 0.25) is 5.02 Å². The molecule has 82 valence electrons. The Hall–Kier alpha value is -0.0500. The second-order valence-electron chi connectivity index (χ2n) is 4.24. The first-order valence-electron chi connectivity index (χ1n) is 5.34. The predicted molar refractivity (Wildman–Crippen MR) is 68.5 cm³/mol. The zero-order chi connectivity index (χ0) is 10.8. The Kier molecular flexibility index (Phi) is 3.70. The summed E-state index contributed by atoms with van der Waals surface area (Å²) >= 11 is 9.72. The third-order valence-electron chi connectivity index (χ3n) is 3.15. The van der Waals surface area contributed by atoms with Crippen molar-refractivity contribution >= 4 is 27.5 Å². The number of rotatable bonds is 1. The van der Waals surface area contributed by atoms with Crippen molar-refractivity contribution < 1.29 is 0 Å². The second-order valence-corrected chi connectivity index (χ2v) is 5.57. The van der Waals surface area contributed by atoms with Gasteiger partial charge in [-0.1, -0.05) is 40.5 Å². The van der Waals surface area contributed by atoms with Crippen molar-refractivity contribution in [3.05, 3.63) is 33.3 Å². The van der Waals surface area contributed by atoms with Gasteiger partial charge in [0.2, 0.25) is 0 Å². The fraction of sp³-hybridized carbons (Fsp3) is 0.500. The molecule has 0 saturated carbocycles. The maximum atomic E-state index is 6.28. The Balaban J connectivity index is 2.27. The van der Waals surface area contributed by atoms with Crippen molar-refractivity contribution in [3.63, 3.8) is 0 Å². The van der Waals surface area contributed by atoms with Gasteiger partial charge in [0.1, 0.15) is 0 Å². The summed E-state index contributed by atoms with van der Waals surface area (Å²) in [6, 6.07) is 6.22. The van der Waals surface area contributed by atoms with Crippen LogP contribution in [0, 0.1) is 5.92 Å². The first-order valence-corrected chi connectivity index (χ1v) is 6.51. The molecule has 15 heavy (non-hydrogen) atoms. The summed E-state index contributed by atoms with van der Waals surface area (Å²) in [5, 5.41) is 4.30. The SMILES string of the molecule is CC1CNCCC1c1ccc(Br)cc1Cl. The molecular weight excluding hydrogens is 273 g/mol. The van der Waals surface area contributed by atoms with E-state index in [1.165, 1.54) is 12.0 Å². The molecule has 1 aliphatic rings. The van der Waals surface area contributed by atoms with E-state index < -0.39 is 0 Å². The van der Waals surface area contributed by atoms with E-state index in [1.807, 2.05) is 6.07 Å². The first kappa shape index (κ1) is 11.4. The summed E-state index contributed by atoms with van der Waals surface area (Å²) in [5.74, 6) is 1.27. The van der Waals surface area contributed by atoms with Crippen LogP contribution in [0.25, 0.3) is 0 Å². The molecule has 1 aromatic rings. The average molecular weight is 289 g/mol. The van der Waals surface area contributed by atoms with Crippen LogP contribution in [0.1, 0.15) is 24.8 Å². The second kappa shape index (κ2) is 4.86. The van der Waals surface area contributed by atoms with E-state index in [9.17, 15) is 0 Å². The number of hydrogen-bond donors (Lipinski definition) is 1. The van der Waals surface area contributed by atoms with Crippen LogP contribution in [0.3, 0.4) is 0 Å². The molecule has 1 N–H and O–H groups in total. The van der Waals surface area contributed by atoms with Crippen LogP contribution in [0.4, 0.5) is 0 Å². The van der Waals surface area contributed by atoms with E-state index in [2.05, 4.69) is 40.3 Å². The Labute approximate surface area is 104 Å². The lowest BCUT2D eigenvalue weighted by molar-refractivity contribution is 0.349. The Bertz CT molecular complexity index is 353. The van der Waals surface area contributed by atoms with Crippen molar-refractivity contribution in [1.82, 2.24) is 5.32 Å². The van der Waals surface area contributed by atoms with Gasteiger partial charge in [0.15, 0.2) is 0 Å². The first-order chi connectivity index (χ1) is 7.18. The van der Waals surface area contributed by atoms with Gasteiger partial charge in [-0.3, -0.25) is 0 Å². The normalized spacial score (nSPS) is 26.6. The summed E-state index contributed by atoms with van der Waals surface area (Å²) < 4.78 is 1.05. The summed E-state index contributed by atoms with van der Waals surface area (Å²) in [6.07, 6.45) is 1.18. The minimum absolute atomic E-state index is 0.604. The van der Waals surface area contributed by atoms with Gasteiger partial charge in [0.05, 0.1) is 0 Å². The number of benzene rings is 1. The molecular formula is C12H15BrClN. The highest BCUT2D eigenvalue weighted by molar-refractivity contribution is 9.10. The molecule has 1 aromatic carbocycles. The zero-order valence-corrected chi connectivity index (χ0v) is 11.1. The van der Waals surface area contributed by atoms with E-state index in [0.717, 1.165) is 22.6 Å². The summed E-state index contributed by atoms with van der Waals surface area (Å²) in [5.41, 5.74) is 1.30. The van der Waals surface area contributed by atoms with Crippen molar-refractivity contribution in [3.8, 4) is 0 Å². The standard InChI is InChI=1S/C12H15BrClN/c1-8-7-15-5-4-10(8)11-3-2-9(13)6-12(11)14/h2-3,6,8,10,15H,4-5,7H2,1H3. The van der Waals surface area contributed by atoms with E-state index in [-0.39, 0.29) is 0 Å². The van der Waals surface area contributed by atoms with Crippen molar-refractivity contribution in [2.24, 2.45) is 5.92 Å². The molecule has 0 radical (unpaired) electrons. The minimum atomic E-state index is 0.604. The van der Waals surface area contributed by atoms with Gasteiger partial charge >= 0.3 is 0 Å². The van der Waals surface area contributed by atoms with Crippen LogP contribution < -0.4 is 5.32 Å². The third-order valence-corrected chi connectivity index (χ3v) is 3.97. The molecule has 0 aromatic heterocycles. The molecule has 1 fully saturated rings. The molecule has 0 bridgehead atoms. The molecule has 1 saturated heterocycles. The lowest BCUT2D eigenvalue weighted by Gasteiger charge is -2.30. The summed E-state index contributed by atoms with van der Waals surface area (Å²) in [6.45, 7) is 4.48. The topological polar surface area (TPSA) is 12.0 Å². The van der Waals surface area contributed by atoms with Crippen molar-refractivity contribution in [2.45, 2.75) is 19.3 Å². The lowest BCUT2D eigenvalue weighted by atomic mass is 9.82. The van der Waals surface area contributed by atoms with Gasteiger partial charge in [0, 0.05) is 9.50 Å². The van der Waals surface area contributed by atoms with Crippen LogP contribution in [-0.2, 0) is 0 Å². The van der Waals surface area contributed by atoms with Crippen LogP contribution >= 0.6 is 27.5 Å². The van der Waals surface area contributed by atoms with Gasteiger partial charge in [-0.15, -0.1) is 0 Å².